The van der Waals surface area contributed by atoms with Crippen LogP contribution in [0.2, 0.25) is 0 Å². The topological polar surface area (TPSA) is 86.7 Å². The van der Waals surface area contributed by atoms with Crippen molar-refractivity contribution in [3.63, 3.8) is 0 Å². The minimum atomic E-state index is -3.49. The average Bonchev–Trinajstić information content (AvgIpc) is 2.36. The molecule has 1 saturated heterocycles. The molecule has 7 heteroatoms. The normalized spacial score (nSPS) is 20.2. The maximum Gasteiger partial charge on any atom is 0.306 e. The minimum Gasteiger partial charge on any atom is -0.481 e. The average molecular weight is 306 g/mol. The predicted molar refractivity (Wildman–Crippen MR) is 77.5 cm³/mol. The van der Waals surface area contributed by atoms with Crippen LogP contribution in [-0.4, -0.2) is 42.9 Å². The molecule has 1 unspecified atom stereocenters. The molecule has 0 bridgehead atoms. The van der Waals surface area contributed by atoms with E-state index < -0.39 is 22.1 Å². The monoisotopic (exact) mass is 306 g/mol. The Kier molecular flexibility index (Phi) is 6.42. The highest BCUT2D eigenvalue weighted by molar-refractivity contribution is 7.87. The molecule has 1 rings (SSSR count). The van der Waals surface area contributed by atoms with Gasteiger partial charge < -0.3 is 5.11 Å². The number of hydrogen-bond acceptors (Lipinski definition) is 3. The van der Waals surface area contributed by atoms with E-state index in [1.807, 2.05) is 6.92 Å². The van der Waals surface area contributed by atoms with Gasteiger partial charge in [0.2, 0.25) is 0 Å². The van der Waals surface area contributed by atoms with Gasteiger partial charge in [-0.05, 0) is 38.5 Å². The molecule has 0 aliphatic carbocycles. The Balaban J connectivity index is 2.47. The van der Waals surface area contributed by atoms with Crippen molar-refractivity contribution in [3.8, 4) is 0 Å². The van der Waals surface area contributed by atoms with Crippen LogP contribution in [0.3, 0.4) is 0 Å². The van der Waals surface area contributed by atoms with Crippen molar-refractivity contribution in [1.29, 1.82) is 0 Å². The molecule has 0 aromatic heterocycles. The van der Waals surface area contributed by atoms with E-state index in [0.29, 0.717) is 18.8 Å². The van der Waals surface area contributed by atoms with Gasteiger partial charge in [-0.2, -0.15) is 17.4 Å². The van der Waals surface area contributed by atoms with Gasteiger partial charge in [0.05, 0.1) is 5.92 Å². The summed E-state index contributed by atoms with van der Waals surface area (Å²) < 4.78 is 28.4. The molecule has 0 radical (unpaired) electrons. The van der Waals surface area contributed by atoms with Crippen LogP contribution in [0.15, 0.2) is 0 Å². The second-order valence-electron chi connectivity index (χ2n) is 6.01. The first-order valence-corrected chi connectivity index (χ1v) is 8.66. The van der Waals surface area contributed by atoms with Gasteiger partial charge in [-0.15, -0.1) is 0 Å². The number of hydrogen-bond donors (Lipinski definition) is 2. The van der Waals surface area contributed by atoms with Gasteiger partial charge in [-0.25, -0.2) is 0 Å². The van der Waals surface area contributed by atoms with Crippen LogP contribution in [0, 0.1) is 11.8 Å². The first kappa shape index (κ1) is 17.4. The van der Waals surface area contributed by atoms with E-state index >= 15 is 0 Å². The molecule has 0 saturated carbocycles. The van der Waals surface area contributed by atoms with Gasteiger partial charge in [-0.1, -0.05) is 13.8 Å². The first-order chi connectivity index (χ1) is 9.22. The highest BCUT2D eigenvalue weighted by Crippen LogP contribution is 2.19. The summed E-state index contributed by atoms with van der Waals surface area (Å²) in [5, 5.41) is 8.91. The Hall–Kier alpha value is -0.660. The van der Waals surface area contributed by atoms with Crippen LogP contribution in [0.1, 0.15) is 46.5 Å². The van der Waals surface area contributed by atoms with Crippen LogP contribution in [0.4, 0.5) is 0 Å². The largest absolute Gasteiger partial charge is 0.481 e. The van der Waals surface area contributed by atoms with Crippen molar-refractivity contribution in [2.75, 3.05) is 13.1 Å². The zero-order valence-electron chi connectivity index (χ0n) is 12.5. The van der Waals surface area contributed by atoms with Crippen LogP contribution >= 0.6 is 0 Å². The highest BCUT2D eigenvalue weighted by atomic mass is 32.2. The first-order valence-electron chi connectivity index (χ1n) is 7.22. The van der Waals surface area contributed by atoms with Crippen molar-refractivity contribution in [1.82, 2.24) is 9.03 Å². The number of carboxylic acids is 1. The molecule has 1 atom stereocenters. The third-order valence-electron chi connectivity index (χ3n) is 3.67. The molecule has 1 aliphatic rings. The summed E-state index contributed by atoms with van der Waals surface area (Å²) in [6.45, 7) is 6.64. The van der Waals surface area contributed by atoms with E-state index in [9.17, 15) is 13.2 Å². The van der Waals surface area contributed by atoms with Crippen molar-refractivity contribution in [2.24, 2.45) is 11.8 Å². The smallest absolute Gasteiger partial charge is 0.306 e. The lowest BCUT2D eigenvalue weighted by Gasteiger charge is -2.30. The third kappa shape index (κ3) is 5.38. The van der Waals surface area contributed by atoms with Gasteiger partial charge in [0, 0.05) is 19.1 Å². The molecule has 1 fully saturated rings. The summed E-state index contributed by atoms with van der Waals surface area (Å²) in [5.74, 6) is -0.701. The van der Waals surface area contributed by atoms with Crippen molar-refractivity contribution >= 4 is 16.2 Å². The number of rotatable bonds is 7. The molecule has 0 aromatic carbocycles. The predicted octanol–water partition coefficient (Wildman–Crippen LogP) is 1.44. The number of piperidine rings is 1. The second-order valence-corrected chi connectivity index (χ2v) is 7.71. The maximum absolute atomic E-state index is 12.2. The second kappa shape index (κ2) is 7.38. The third-order valence-corrected chi connectivity index (χ3v) is 5.42. The summed E-state index contributed by atoms with van der Waals surface area (Å²) in [6, 6.07) is -0.0976. The Morgan fingerprint density at radius 3 is 2.25 bits per heavy atom. The van der Waals surface area contributed by atoms with E-state index in [1.165, 1.54) is 4.31 Å². The van der Waals surface area contributed by atoms with Crippen LogP contribution < -0.4 is 4.72 Å². The van der Waals surface area contributed by atoms with Gasteiger partial charge in [0.15, 0.2) is 0 Å². The van der Waals surface area contributed by atoms with Crippen LogP contribution in [-0.2, 0) is 15.0 Å². The SMILES string of the molecule is CC(C)CCC(C)NS(=O)(=O)N1CCC(C(=O)O)CC1. The summed E-state index contributed by atoms with van der Waals surface area (Å²) in [5.41, 5.74) is 0. The van der Waals surface area contributed by atoms with Gasteiger partial charge in [-0.3, -0.25) is 4.79 Å². The molecule has 1 heterocycles. The number of carbonyl (C=O) groups is 1. The van der Waals surface area contributed by atoms with E-state index in [2.05, 4.69) is 18.6 Å². The molecular weight excluding hydrogens is 280 g/mol. The Labute approximate surface area is 121 Å². The fourth-order valence-corrected chi connectivity index (χ4v) is 3.78. The van der Waals surface area contributed by atoms with Crippen molar-refractivity contribution in [3.05, 3.63) is 0 Å². The summed E-state index contributed by atoms with van der Waals surface area (Å²) >= 11 is 0. The number of nitrogens with one attached hydrogen (secondary N) is 1. The lowest BCUT2D eigenvalue weighted by Crippen LogP contribution is -2.48. The molecule has 0 amide bonds. The van der Waals surface area contributed by atoms with Gasteiger partial charge in [0.25, 0.3) is 10.2 Å². The Morgan fingerprint density at radius 2 is 1.80 bits per heavy atom. The lowest BCUT2D eigenvalue weighted by molar-refractivity contribution is -0.142. The molecule has 1 aliphatic heterocycles. The van der Waals surface area contributed by atoms with Gasteiger partial charge in [0.1, 0.15) is 0 Å². The number of nitrogens with zero attached hydrogens (tertiary/aromatic N) is 1. The standard InChI is InChI=1S/C13H26N2O4S/c1-10(2)4-5-11(3)14-20(18,19)15-8-6-12(7-9-15)13(16)17/h10-12,14H,4-9H2,1-3H3,(H,16,17). The molecule has 2 N–H and O–H groups in total. The summed E-state index contributed by atoms with van der Waals surface area (Å²) in [6.07, 6.45) is 2.56. The van der Waals surface area contributed by atoms with Crippen LogP contribution in [0.25, 0.3) is 0 Å². The van der Waals surface area contributed by atoms with E-state index in [-0.39, 0.29) is 19.1 Å². The van der Waals surface area contributed by atoms with Gasteiger partial charge >= 0.3 is 5.97 Å². The fourth-order valence-electron chi connectivity index (χ4n) is 2.31. The molecular formula is C13H26N2O4S. The molecule has 0 aromatic rings. The van der Waals surface area contributed by atoms with Crippen molar-refractivity contribution in [2.45, 2.75) is 52.5 Å². The molecule has 20 heavy (non-hydrogen) atoms. The Bertz CT molecular complexity index is 414. The minimum absolute atomic E-state index is 0.0976. The van der Waals surface area contributed by atoms with Crippen molar-refractivity contribution < 1.29 is 18.3 Å². The number of carboxylic acid groups (broad SMARTS) is 1. The maximum atomic E-state index is 12.2. The molecule has 0 spiro atoms. The van der Waals surface area contributed by atoms with E-state index in [4.69, 9.17) is 5.11 Å². The fraction of sp³-hybridized carbons (Fsp3) is 0.923. The van der Waals surface area contributed by atoms with Crippen LogP contribution in [0.5, 0.6) is 0 Å². The highest BCUT2D eigenvalue weighted by Gasteiger charge is 2.31. The lowest BCUT2D eigenvalue weighted by atomic mass is 9.99. The summed E-state index contributed by atoms with van der Waals surface area (Å²) in [4.78, 5) is 10.9. The summed E-state index contributed by atoms with van der Waals surface area (Å²) in [7, 11) is -3.49. The zero-order valence-corrected chi connectivity index (χ0v) is 13.3. The van der Waals surface area contributed by atoms with E-state index in [1.54, 1.807) is 0 Å². The van der Waals surface area contributed by atoms with E-state index in [0.717, 1.165) is 12.8 Å². The molecule has 118 valence electrons. The Morgan fingerprint density at radius 1 is 1.25 bits per heavy atom. The number of aliphatic carboxylic acids is 1. The molecule has 6 nitrogen and oxygen atoms in total. The quantitative estimate of drug-likeness (QED) is 0.745. The zero-order chi connectivity index (χ0) is 15.3.